The number of likely N-dealkylation sites (tertiary alicyclic amines) is 1. The first-order valence-electron chi connectivity index (χ1n) is 4.79. The first-order valence-corrected chi connectivity index (χ1v) is 4.79. The van der Waals surface area contributed by atoms with Crippen molar-refractivity contribution in [2.75, 3.05) is 20.1 Å². The van der Waals surface area contributed by atoms with E-state index in [0.717, 1.165) is 32.4 Å². The number of amidine groups is 2. The van der Waals surface area contributed by atoms with Crippen molar-refractivity contribution in [2.45, 2.75) is 19.3 Å². The average Bonchev–Trinajstić information content (AvgIpc) is 2.26. The predicted octanol–water partition coefficient (Wildman–Crippen LogP) is 0.565. The van der Waals surface area contributed by atoms with Crippen molar-refractivity contribution in [1.29, 1.82) is 0 Å². The Kier molecular flexibility index (Phi) is 4.02. The summed E-state index contributed by atoms with van der Waals surface area (Å²) < 4.78 is 0. The molecule has 7 heteroatoms. The second-order valence-electron chi connectivity index (χ2n) is 3.28. The molecule has 0 aliphatic carbocycles. The van der Waals surface area contributed by atoms with Crippen molar-refractivity contribution >= 4 is 11.7 Å². The van der Waals surface area contributed by atoms with Gasteiger partial charge in [0, 0.05) is 20.1 Å². The third kappa shape index (κ3) is 2.64. The maximum Gasteiger partial charge on any atom is 0.451 e. The van der Waals surface area contributed by atoms with Crippen molar-refractivity contribution < 1.29 is 10.1 Å². The van der Waals surface area contributed by atoms with Gasteiger partial charge in [-0.05, 0) is 24.2 Å². The van der Waals surface area contributed by atoms with Crippen LogP contribution in [0.25, 0.3) is 0 Å². The van der Waals surface area contributed by atoms with E-state index in [9.17, 15) is 10.1 Å². The second kappa shape index (κ2) is 5.28. The van der Waals surface area contributed by atoms with Gasteiger partial charge in [-0.2, -0.15) is 0 Å². The molecule has 0 saturated carbocycles. The summed E-state index contributed by atoms with van der Waals surface area (Å²) in [7, 11) is 1.46. The Hall–Kier alpha value is -1.66. The Labute approximate surface area is 87.2 Å². The monoisotopic (exact) mass is 214 g/mol. The molecule has 15 heavy (non-hydrogen) atoms. The molecule has 0 unspecified atom stereocenters. The lowest BCUT2D eigenvalue weighted by molar-refractivity contribution is -0.348. The molecule has 1 heterocycles. The summed E-state index contributed by atoms with van der Waals surface area (Å²) >= 11 is 0. The van der Waals surface area contributed by atoms with Gasteiger partial charge in [-0.1, -0.05) is 0 Å². The molecule has 1 aliphatic heterocycles. The van der Waals surface area contributed by atoms with Gasteiger partial charge in [0.2, 0.25) is 5.84 Å². The van der Waals surface area contributed by atoms with Crippen LogP contribution >= 0.6 is 0 Å². The molecule has 0 atom stereocenters. The van der Waals surface area contributed by atoms with E-state index >= 15 is 0 Å². The Balaban J connectivity index is 2.82. The van der Waals surface area contributed by atoms with Crippen LogP contribution in [0.4, 0.5) is 0 Å². The molecule has 84 valence electrons. The highest BCUT2D eigenvalue weighted by atomic mass is 16.6. The number of oxime groups is 1. The van der Waals surface area contributed by atoms with Crippen LogP contribution in [-0.2, 0) is 0 Å². The van der Waals surface area contributed by atoms with Crippen LogP contribution in [0, 0.1) is 10.1 Å². The van der Waals surface area contributed by atoms with Crippen LogP contribution in [0.3, 0.4) is 0 Å². The molecular formula is C8H14N4O3. The molecule has 7 nitrogen and oxygen atoms in total. The minimum Gasteiger partial charge on any atom is -0.358 e. The fourth-order valence-electron chi connectivity index (χ4n) is 1.65. The van der Waals surface area contributed by atoms with E-state index < -0.39 is 10.8 Å². The highest BCUT2D eigenvalue weighted by molar-refractivity contribution is 6.36. The van der Waals surface area contributed by atoms with Gasteiger partial charge in [-0.15, -0.1) is 0 Å². The van der Waals surface area contributed by atoms with Gasteiger partial charge in [0.05, 0.1) is 0 Å². The zero-order chi connectivity index (χ0) is 11.3. The topological polar surface area (TPSA) is 91.3 Å². The quantitative estimate of drug-likeness (QED) is 0.210. The van der Waals surface area contributed by atoms with Gasteiger partial charge in [-0.25, -0.2) is 0 Å². The van der Waals surface area contributed by atoms with Crippen molar-refractivity contribution in [1.82, 2.24) is 4.90 Å². The van der Waals surface area contributed by atoms with Crippen molar-refractivity contribution in [3.05, 3.63) is 10.1 Å². The molecule has 0 aromatic heterocycles. The normalized spacial score (nSPS) is 19.1. The highest BCUT2D eigenvalue weighted by Gasteiger charge is 2.28. The summed E-state index contributed by atoms with van der Waals surface area (Å²) in [6, 6.07) is 0. The number of hydrogen-bond donors (Lipinski definition) is 1. The van der Waals surface area contributed by atoms with E-state index in [1.165, 1.54) is 7.05 Å². The fourth-order valence-corrected chi connectivity index (χ4v) is 1.65. The first-order chi connectivity index (χ1) is 7.20. The van der Waals surface area contributed by atoms with Crippen molar-refractivity contribution in [3.8, 4) is 0 Å². The number of nitro groups is 1. The van der Waals surface area contributed by atoms with E-state index in [0.29, 0.717) is 0 Å². The van der Waals surface area contributed by atoms with Gasteiger partial charge in [0.1, 0.15) is 0 Å². The molecule has 0 aromatic carbocycles. The van der Waals surface area contributed by atoms with Gasteiger partial charge in [0.25, 0.3) is 0 Å². The first kappa shape index (κ1) is 11.4. The molecular weight excluding hydrogens is 200 g/mol. The molecule has 0 amide bonds. The largest absolute Gasteiger partial charge is 0.451 e. The maximum atomic E-state index is 10.6. The third-order valence-corrected chi connectivity index (χ3v) is 2.34. The number of piperidine rings is 1. The summed E-state index contributed by atoms with van der Waals surface area (Å²) in [6.45, 7) is 1.44. The number of nitrogens with zero attached hydrogens (tertiary/aromatic N) is 4. The van der Waals surface area contributed by atoms with E-state index in [1.54, 1.807) is 4.90 Å². The highest BCUT2D eigenvalue weighted by Crippen LogP contribution is 2.10. The summed E-state index contributed by atoms with van der Waals surface area (Å²) in [5.41, 5.74) is 0. The lowest BCUT2D eigenvalue weighted by Gasteiger charge is -2.27. The Morgan fingerprint density at radius 1 is 1.40 bits per heavy atom. The van der Waals surface area contributed by atoms with E-state index in [1.807, 2.05) is 0 Å². The maximum absolute atomic E-state index is 10.6. The van der Waals surface area contributed by atoms with Crippen LogP contribution < -0.4 is 0 Å². The summed E-state index contributed by atoms with van der Waals surface area (Å²) in [5, 5.41) is 21.8. The average molecular weight is 214 g/mol. The molecule has 1 saturated heterocycles. The van der Waals surface area contributed by atoms with Gasteiger partial charge < -0.3 is 20.2 Å². The van der Waals surface area contributed by atoms with Gasteiger partial charge in [-0.3, -0.25) is 4.99 Å². The molecule has 1 rings (SSSR count). The number of hydrogen-bond acceptors (Lipinski definition) is 5. The second-order valence-corrected chi connectivity index (χ2v) is 3.28. The van der Waals surface area contributed by atoms with E-state index in [4.69, 9.17) is 5.21 Å². The van der Waals surface area contributed by atoms with Gasteiger partial charge in [0.15, 0.2) is 5.16 Å². The summed E-state index contributed by atoms with van der Waals surface area (Å²) in [6.07, 6.45) is 3.09. The zero-order valence-corrected chi connectivity index (χ0v) is 8.59. The molecule has 1 aliphatic rings. The Morgan fingerprint density at radius 2 is 2.00 bits per heavy atom. The SMILES string of the molecule is CN=C(C(=NO)[N+](=O)[O-])N1CCCCC1. The van der Waals surface area contributed by atoms with Gasteiger partial charge >= 0.3 is 5.84 Å². The molecule has 0 aromatic rings. The Bertz CT molecular complexity index is 294. The van der Waals surface area contributed by atoms with Crippen LogP contribution in [0.1, 0.15) is 19.3 Å². The van der Waals surface area contributed by atoms with Crippen LogP contribution in [0.5, 0.6) is 0 Å². The lowest BCUT2D eigenvalue weighted by atomic mass is 10.1. The summed E-state index contributed by atoms with van der Waals surface area (Å²) in [4.78, 5) is 15.4. The molecule has 0 bridgehead atoms. The zero-order valence-electron chi connectivity index (χ0n) is 8.59. The van der Waals surface area contributed by atoms with Crippen LogP contribution in [0.15, 0.2) is 10.1 Å². The van der Waals surface area contributed by atoms with E-state index in [2.05, 4.69) is 10.1 Å². The molecule has 0 spiro atoms. The predicted molar refractivity (Wildman–Crippen MR) is 55.0 cm³/mol. The number of aliphatic imine (C=N–C) groups is 1. The minimum absolute atomic E-state index is 0.155. The van der Waals surface area contributed by atoms with Crippen molar-refractivity contribution in [2.24, 2.45) is 10.1 Å². The van der Waals surface area contributed by atoms with Crippen LogP contribution in [-0.4, -0.2) is 46.8 Å². The molecule has 0 radical (unpaired) electrons. The molecule has 1 N–H and O–H groups in total. The minimum atomic E-state index is -0.725. The summed E-state index contributed by atoms with van der Waals surface area (Å²) in [5.74, 6) is -0.429. The lowest BCUT2D eigenvalue weighted by Crippen LogP contribution is -2.42. The standard InChI is InChI=1S/C8H14N4O3/c1-9-7(8(10-13)12(14)15)11-5-3-2-4-6-11/h13H,2-6H2,1H3. The number of rotatable bonds is 0. The van der Waals surface area contributed by atoms with Crippen LogP contribution in [0.2, 0.25) is 0 Å². The fraction of sp³-hybridized carbons (Fsp3) is 0.750. The molecule has 1 fully saturated rings. The third-order valence-electron chi connectivity index (χ3n) is 2.34. The van der Waals surface area contributed by atoms with Crippen molar-refractivity contribution in [3.63, 3.8) is 0 Å². The smallest absolute Gasteiger partial charge is 0.358 e. The Morgan fingerprint density at radius 3 is 2.40 bits per heavy atom. The van der Waals surface area contributed by atoms with E-state index in [-0.39, 0.29) is 5.84 Å².